The van der Waals surface area contributed by atoms with Crippen LogP contribution in [0.2, 0.25) is 0 Å². The van der Waals surface area contributed by atoms with Crippen LogP contribution in [0.4, 0.5) is 0 Å². The van der Waals surface area contributed by atoms with Gasteiger partial charge in [0.1, 0.15) is 6.54 Å². The van der Waals surface area contributed by atoms with Gasteiger partial charge in [0.25, 0.3) is 0 Å². The molecule has 3 rings (SSSR count). The maximum atomic E-state index is 12.7. The minimum absolute atomic E-state index is 0. The monoisotopic (exact) mass is 521 g/mol. The zero-order valence-electron chi connectivity index (χ0n) is 17.7. The Hall–Kier alpha value is -1.10. The molecular formula is C20H36IN5O3. The van der Waals surface area contributed by atoms with Crippen molar-refractivity contribution in [2.45, 2.75) is 57.1 Å². The summed E-state index contributed by atoms with van der Waals surface area (Å²) in [6.45, 7) is 3.09. The third kappa shape index (κ3) is 7.27. The van der Waals surface area contributed by atoms with Gasteiger partial charge in [-0.2, -0.15) is 0 Å². The molecule has 0 bridgehead atoms. The highest BCUT2D eigenvalue weighted by atomic mass is 127. The van der Waals surface area contributed by atoms with E-state index < -0.39 is 0 Å². The number of hydrogen-bond donors (Lipinski definition) is 2. The first-order valence-corrected chi connectivity index (χ1v) is 10.7. The second kappa shape index (κ2) is 11.9. The van der Waals surface area contributed by atoms with Crippen LogP contribution in [-0.4, -0.2) is 86.6 Å². The first-order chi connectivity index (χ1) is 13.5. The number of nitrogens with zero attached hydrogens (tertiary/aromatic N) is 3. The van der Waals surface area contributed by atoms with Crippen LogP contribution < -0.4 is 10.6 Å². The molecule has 2 heterocycles. The molecular weight excluding hydrogens is 485 g/mol. The number of likely N-dealkylation sites (tertiary alicyclic amines) is 1. The van der Waals surface area contributed by atoms with Gasteiger partial charge in [0, 0.05) is 52.3 Å². The van der Waals surface area contributed by atoms with Crippen LogP contribution in [0.3, 0.4) is 0 Å². The molecule has 3 fully saturated rings. The van der Waals surface area contributed by atoms with E-state index >= 15 is 0 Å². The average molecular weight is 521 g/mol. The number of carbonyl (C=O) groups excluding carboxylic acids is 2. The lowest BCUT2D eigenvalue weighted by atomic mass is 10.1. The standard InChI is InChI=1S/C20H35N5O3.HI/c1-24(2)18(26)13-22-20(21-12-17-8-5-11-28-17)23-16-9-10-25(14-16)19(27)15-6-3-4-7-15;/h15-17H,3-14H2,1-2H3,(H2,21,22,23);1H. The summed E-state index contributed by atoms with van der Waals surface area (Å²) in [5.41, 5.74) is 0. The second-order valence-corrected chi connectivity index (χ2v) is 8.36. The summed E-state index contributed by atoms with van der Waals surface area (Å²) in [7, 11) is 3.46. The highest BCUT2D eigenvalue weighted by Gasteiger charge is 2.32. The maximum Gasteiger partial charge on any atom is 0.243 e. The predicted molar refractivity (Wildman–Crippen MR) is 123 cm³/mol. The number of ether oxygens (including phenoxy) is 1. The minimum Gasteiger partial charge on any atom is -0.376 e. The summed E-state index contributed by atoms with van der Waals surface area (Å²) in [6, 6.07) is 0.163. The van der Waals surface area contributed by atoms with Crippen LogP contribution in [0.5, 0.6) is 0 Å². The molecule has 1 aliphatic carbocycles. The number of rotatable bonds is 6. The number of guanidine groups is 1. The van der Waals surface area contributed by atoms with E-state index in [2.05, 4.69) is 15.6 Å². The first-order valence-electron chi connectivity index (χ1n) is 10.7. The Labute approximate surface area is 191 Å². The highest BCUT2D eigenvalue weighted by Crippen LogP contribution is 2.27. The van der Waals surface area contributed by atoms with Crippen LogP contribution >= 0.6 is 24.0 Å². The number of aliphatic imine (C=N–C) groups is 1. The average Bonchev–Trinajstić information content (AvgIpc) is 3.45. The van der Waals surface area contributed by atoms with Crippen molar-refractivity contribution in [3.63, 3.8) is 0 Å². The van der Waals surface area contributed by atoms with Gasteiger partial charge in [-0.15, -0.1) is 24.0 Å². The van der Waals surface area contributed by atoms with E-state index in [9.17, 15) is 9.59 Å². The quantitative estimate of drug-likeness (QED) is 0.312. The van der Waals surface area contributed by atoms with Crippen molar-refractivity contribution in [3.8, 4) is 0 Å². The van der Waals surface area contributed by atoms with Crippen molar-refractivity contribution < 1.29 is 14.3 Å². The molecule has 2 N–H and O–H groups in total. The molecule has 9 heteroatoms. The van der Waals surface area contributed by atoms with Gasteiger partial charge >= 0.3 is 0 Å². The minimum atomic E-state index is -0.0392. The van der Waals surface area contributed by atoms with Crippen molar-refractivity contribution in [1.82, 2.24) is 20.4 Å². The fourth-order valence-electron chi connectivity index (χ4n) is 4.16. The lowest BCUT2D eigenvalue weighted by Crippen LogP contribution is -2.47. The Morgan fingerprint density at radius 3 is 2.55 bits per heavy atom. The van der Waals surface area contributed by atoms with Gasteiger partial charge in [-0.25, -0.2) is 4.99 Å². The maximum absolute atomic E-state index is 12.7. The molecule has 2 unspecified atom stereocenters. The van der Waals surface area contributed by atoms with Crippen LogP contribution in [0.15, 0.2) is 4.99 Å². The fraction of sp³-hybridized carbons (Fsp3) is 0.850. The van der Waals surface area contributed by atoms with E-state index in [4.69, 9.17) is 4.74 Å². The Balaban J connectivity index is 0.00000300. The van der Waals surface area contributed by atoms with Gasteiger partial charge in [-0.05, 0) is 32.1 Å². The van der Waals surface area contributed by atoms with Gasteiger partial charge < -0.3 is 25.2 Å². The highest BCUT2D eigenvalue weighted by molar-refractivity contribution is 14.0. The third-order valence-corrected chi connectivity index (χ3v) is 5.94. The van der Waals surface area contributed by atoms with Crippen molar-refractivity contribution >= 4 is 41.8 Å². The Kier molecular flexibility index (Phi) is 9.94. The molecule has 0 aromatic rings. The number of amides is 2. The number of hydrogen-bond acceptors (Lipinski definition) is 4. The molecule has 3 aliphatic rings. The lowest BCUT2D eigenvalue weighted by Gasteiger charge is -2.22. The van der Waals surface area contributed by atoms with Crippen molar-refractivity contribution in [2.24, 2.45) is 10.9 Å². The van der Waals surface area contributed by atoms with Crippen LogP contribution in [0, 0.1) is 5.92 Å². The normalized spacial score (nSPS) is 25.0. The molecule has 0 radical (unpaired) electrons. The Morgan fingerprint density at radius 2 is 1.90 bits per heavy atom. The second-order valence-electron chi connectivity index (χ2n) is 8.36. The van der Waals surface area contributed by atoms with E-state index in [-0.39, 0.29) is 54.5 Å². The molecule has 1 saturated carbocycles. The van der Waals surface area contributed by atoms with Gasteiger partial charge in [0.2, 0.25) is 11.8 Å². The van der Waals surface area contributed by atoms with Crippen molar-refractivity contribution in [2.75, 3.05) is 46.9 Å². The zero-order valence-corrected chi connectivity index (χ0v) is 20.0. The first kappa shape index (κ1) is 24.2. The van der Waals surface area contributed by atoms with E-state index in [0.29, 0.717) is 25.0 Å². The van der Waals surface area contributed by atoms with Crippen LogP contribution in [0.25, 0.3) is 0 Å². The smallest absolute Gasteiger partial charge is 0.243 e. The molecule has 29 heavy (non-hydrogen) atoms. The van der Waals surface area contributed by atoms with E-state index in [1.54, 1.807) is 19.0 Å². The number of nitrogens with one attached hydrogen (secondary N) is 2. The molecule has 0 aromatic carbocycles. The van der Waals surface area contributed by atoms with E-state index in [0.717, 1.165) is 45.3 Å². The summed E-state index contributed by atoms with van der Waals surface area (Å²) in [4.78, 5) is 32.6. The Bertz CT molecular complexity index is 574. The summed E-state index contributed by atoms with van der Waals surface area (Å²) in [6.07, 6.45) is 7.66. The number of carbonyl (C=O) groups is 2. The number of likely N-dealkylation sites (N-methyl/N-ethyl adjacent to an activating group) is 1. The third-order valence-electron chi connectivity index (χ3n) is 5.94. The predicted octanol–water partition coefficient (Wildman–Crippen LogP) is 1.20. The van der Waals surface area contributed by atoms with Gasteiger partial charge in [-0.3, -0.25) is 9.59 Å². The Morgan fingerprint density at radius 1 is 1.14 bits per heavy atom. The molecule has 2 amide bonds. The van der Waals surface area contributed by atoms with Crippen molar-refractivity contribution in [3.05, 3.63) is 0 Å². The molecule has 2 atom stereocenters. The van der Waals surface area contributed by atoms with E-state index in [1.807, 2.05) is 4.90 Å². The topological polar surface area (TPSA) is 86.3 Å². The zero-order chi connectivity index (χ0) is 19.9. The van der Waals surface area contributed by atoms with Crippen molar-refractivity contribution in [1.29, 1.82) is 0 Å². The van der Waals surface area contributed by atoms with Crippen LogP contribution in [-0.2, 0) is 14.3 Å². The lowest BCUT2D eigenvalue weighted by molar-refractivity contribution is -0.134. The molecule has 2 saturated heterocycles. The van der Waals surface area contributed by atoms with Crippen LogP contribution in [0.1, 0.15) is 44.9 Å². The molecule has 166 valence electrons. The largest absolute Gasteiger partial charge is 0.376 e. The fourth-order valence-corrected chi connectivity index (χ4v) is 4.16. The molecule has 8 nitrogen and oxygen atoms in total. The molecule has 0 aromatic heterocycles. The number of halogens is 1. The molecule has 0 spiro atoms. The van der Waals surface area contributed by atoms with Gasteiger partial charge in [0.05, 0.1) is 6.10 Å². The SMILES string of the molecule is CN(C)C(=O)CN=C(NCC1CCCO1)NC1CCN(C(=O)C2CCCC2)C1.I. The van der Waals surface area contributed by atoms with Gasteiger partial charge in [0.15, 0.2) is 5.96 Å². The van der Waals surface area contributed by atoms with E-state index in [1.165, 1.54) is 12.8 Å². The summed E-state index contributed by atoms with van der Waals surface area (Å²) in [5, 5.41) is 6.75. The van der Waals surface area contributed by atoms with Gasteiger partial charge in [-0.1, -0.05) is 12.8 Å². The molecule has 2 aliphatic heterocycles. The summed E-state index contributed by atoms with van der Waals surface area (Å²) >= 11 is 0. The summed E-state index contributed by atoms with van der Waals surface area (Å²) in [5.74, 6) is 1.13. The summed E-state index contributed by atoms with van der Waals surface area (Å²) < 4.78 is 5.67.